The van der Waals surface area contributed by atoms with Crippen LogP contribution in [0, 0.1) is 11.6 Å². The van der Waals surface area contributed by atoms with Gasteiger partial charge >= 0.3 is 0 Å². The molecule has 0 spiro atoms. The summed E-state index contributed by atoms with van der Waals surface area (Å²) in [4.78, 5) is 11.8. The molecule has 0 aliphatic heterocycles. The minimum absolute atomic E-state index is 0.0707. The summed E-state index contributed by atoms with van der Waals surface area (Å²) in [6.07, 6.45) is 0.215. The lowest BCUT2D eigenvalue weighted by Crippen LogP contribution is -2.53. The maximum Gasteiger partial charge on any atom is 0.217 e. The number of fused-ring (bicyclic) bond motifs is 3. The minimum atomic E-state index is -0.658. The van der Waals surface area contributed by atoms with Gasteiger partial charge in [-0.2, -0.15) is 0 Å². The van der Waals surface area contributed by atoms with Crippen molar-refractivity contribution in [1.29, 1.82) is 0 Å². The molecule has 0 saturated heterocycles. The fourth-order valence-corrected chi connectivity index (χ4v) is 4.68. The third kappa shape index (κ3) is 5.33. The maximum absolute atomic E-state index is 13.7. The van der Waals surface area contributed by atoms with Crippen molar-refractivity contribution in [1.82, 2.24) is 10.6 Å². The standard InChI is InChI=1S/C27H29F2N3O2/c1-16(33)32-26(12-18-9-19(28)13-20(29)10-18)25(30)14-31-27-23-6-4-3-5-21(23)22-8-7-17(15-34-2)11-24(22)27/h3-11,13,25-27,31H,12,14-15,30H2,1-2H3,(H,32,33)/t25-,26+,27?/m1/s1. The molecule has 0 fully saturated rings. The molecule has 0 bridgehead atoms. The summed E-state index contributed by atoms with van der Waals surface area (Å²) in [5.41, 5.74) is 12.6. The maximum atomic E-state index is 13.7. The van der Waals surface area contributed by atoms with Crippen molar-refractivity contribution in [2.24, 2.45) is 5.73 Å². The summed E-state index contributed by atoms with van der Waals surface area (Å²) in [6, 6.07) is 16.8. The number of hydrogen-bond donors (Lipinski definition) is 3. The first kappa shape index (κ1) is 24.0. The van der Waals surface area contributed by atoms with Gasteiger partial charge < -0.3 is 21.1 Å². The Balaban J connectivity index is 1.54. The van der Waals surface area contributed by atoms with Gasteiger partial charge in [0, 0.05) is 38.7 Å². The average molecular weight is 466 g/mol. The second-order valence-electron chi connectivity index (χ2n) is 8.74. The zero-order chi connectivity index (χ0) is 24.2. The molecule has 1 aliphatic rings. The summed E-state index contributed by atoms with van der Waals surface area (Å²) < 4.78 is 32.7. The number of benzene rings is 3. The molecule has 3 aromatic carbocycles. The van der Waals surface area contributed by atoms with Crippen LogP contribution < -0.4 is 16.4 Å². The number of nitrogens with two attached hydrogens (primary N) is 1. The topological polar surface area (TPSA) is 76.4 Å². The highest BCUT2D eigenvalue weighted by Crippen LogP contribution is 2.43. The number of nitrogens with one attached hydrogen (secondary N) is 2. The zero-order valence-corrected chi connectivity index (χ0v) is 19.3. The van der Waals surface area contributed by atoms with Gasteiger partial charge in [0.05, 0.1) is 12.6 Å². The fraction of sp³-hybridized carbons (Fsp3) is 0.296. The van der Waals surface area contributed by atoms with Crippen LogP contribution in [0.3, 0.4) is 0 Å². The second kappa shape index (κ2) is 10.4. The smallest absolute Gasteiger partial charge is 0.217 e. The van der Waals surface area contributed by atoms with Crippen LogP contribution in [0.1, 0.15) is 35.2 Å². The van der Waals surface area contributed by atoms with E-state index in [-0.39, 0.29) is 18.4 Å². The summed E-state index contributed by atoms with van der Waals surface area (Å²) in [7, 11) is 1.67. The molecule has 1 aliphatic carbocycles. The number of carbonyl (C=O) groups excluding carboxylic acids is 1. The quantitative estimate of drug-likeness (QED) is 0.449. The summed E-state index contributed by atoms with van der Waals surface area (Å²) >= 11 is 0. The van der Waals surface area contributed by atoms with E-state index in [0.717, 1.165) is 28.3 Å². The Labute approximate surface area is 198 Å². The van der Waals surface area contributed by atoms with Crippen molar-refractivity contribution in [2.45, 2.75) is 38.1 Å². The Hall–Kier alpha value is -3.13. The second-order valence-corrected chi connectivity index (χ2v) is 8.74. The molecule has 34 heavy (non-hydrogen) atoms. The molecule has 0 aromatic heterocycles. The van der Waals surface area contributed by atoms with Gasteiger partial charge in [-0.3, -0.25) is 4.79 Å². The molecule has 5 nitrogen and oxygen atoms in total. The van der Waals surface area contributed by atoms with Gasteiger partial charge in [-0.1, -0.05) is 42.5 Å². The van der Waals surface area contributed by atoms with E-state index >= 15 is 0 Å². The van der Waals surface area contributed by atoms with E-state index in [9.17, 15) is 13.6 Å². The van der Waals surface area contributed by atoms with Gasteiger partial charge in [-0.25, -0.2) is 8.78 Å². The number of amides is 1. The zero-order valence-electron chi connectivity index (χ0n) is 19.3. The summed E-state index contributed by atoms with van der Waals surface area (Å²) in [6.45, 7) is 2.31. The van der Waals surface area contributed by atoms with Crippen LogP contribution >= 0.6 is 0 Å². The van der Waals surface area contributed by atoms with Gasteiger partial charge in [-0.05, 0) is 51.9 Å². The molecule has 4 rings (SSSR count). The Morgan fingerprint density at radius 1 is 1.00 bits per heavy atom. The average Bonchev–Trinajstić information content (AvgIpc) is 3.09. The highest BCUT2D eigenvalue weighted by molar-refractivity contribution is 5.79. The van der Waals surface area contributed by atoms with Gasteiger partial charge in [0.2, 0.25) is 5.91 Å². The lowest BCUT2D eigenvalue weighted by atomic mass is 9.98. The van der Waals surface area contributed by atoms with Crippen molar-refractivity contribution in [2.75, 3.05) is 13.7 Å². The highest BCUT2D eigenvalue weighted by atomic mass is 19.1. The van der Waals surface area contributed by atoms with Crippen molar-refractivity contribution >= 4 is 5.91 Å². The predicted octanol–water partition coefficient (Wildman–Crippen LogP) is 3.85. The van der Waals surface area contributed by atoms with E-state index in [4.69, 9.17) is 10.5 Å². The van der Waals surface area contributed by atoms with Crippen molar-refractivity contribution in [3.05, 3.63) is 94.6 Å². The molecule has 3 atom stereocenters. The lowest BCUT2D eigenvalue weighted by Gasteiger charge is -2.27. The highest BCUT2D eigenvalue weighted by Gasteiger charge is 2.29. The number of hydrogen-bond acceptors (Lipinski definition) is 4. The number of methoxy groups -OCH3 is 1. The normalized spacial score (nSPS) is 16.0. The van der Waals surface area contributed by atoms with Crippen LogP contribution in [0.4, 0.5) is 8.78 Å². The Morgan fingerprint density at radius 2 is 1.71 bits per heavy atom. The monoisotopic (exact) mass is 465 g/mol. The molecule has 4 N–H and O–H groups in total. The first-order valence-electron chi connectivity index (χ1n) is 11.3. The summed E-state index contributed by atoms with van der Waals surface area (Å²) in [5, 5.41) is 6.40. The van der Waals surface area contributed by atoms with Crippen LogP contribution in [0.5, 0.6) is 0 Å². The van der Waals surface area contributed by atoms with Crippen LogP contribution in [-0.4, -0.2) is 31.6 Å². The first-order valence-corrected chi connectivity index (χ1v) is 11.3. The molecule has 0 radical (unpaired) electrons. The minimum Gasteiger partial charge on any atom is -0.380 e. The predicted molar refractivity (Wildman–Crippen MR) is 128 cm³/mol. The van der Waals surface area contributed by atoms with Gasteiger partial charge in [0.15, 0.2) is 0 Å². The molecule has 1 amide bonds. The Bertz CT molecular complexity index is 1160. The van der Waals surface area contributed by atoms with E-state index in [1.165, 1.54) is 24.6 Å². The largest absolute Gasteiger partial charge is 0.380 e. The fourth-order valence-electron chi connectivity index (χ4n) is 4.68. The Kier molecular flexibility index (Phi) is 7.36. The third-order valence-electron chi connectivity index (χ3n) is 6.14. The lowest BCUT2D eigenvalue weighted by molar-refractivity contribution is -0.119. The third-order valence-corrected chi connectivity index (χ3v) is 6.14. The number of rotatable bonds is 9. The van der Waals surface area contributed by atoms with Gasteiger partial charge in [0.1, 0.15) is 11.6 Å². The van der Waals surface area contributed by atoms with Gasteiger partial charge in [-0.15, -0.1) is 0 Å². The SMILES string of the molecule is COCc1ccc2c(c1)C(NC[C@@H](N)[C@H](Cc1cc(F)cc(F)c1)NC(C)=O)c1ccccc1-2. The van der Waals surface area contributed by atoms with Crippen molar-refractivity contribution in [3.8, 4) is 11.1 Å². The summed E-state index contributed by atoms with van der Waals surface area (Å²) in [5.74, 6) is -1.57. The first-order chi connectivity index (χ1) is 16.4. The van der Waals surface area contributed by atoms with Gasteiger partial charge in [0.25, 0.3) is 0 Å². The van der Waals surface area contributed by atoms with Crippen LogP contribution in [0.15, 0.2) is 60.7 Å². The van der Waals surface area contributed by atoms with E-state index < -0.39 is 23.7 Å². The number of ether oxygens (including phenoxy) is 1. The molecule has 0 saturated carbocycles. The molecule has 1 unspecified atom stereocenters. The van der Waals surface area contributed by atoms with E-state index in [0.29, 0.717) is 18.7 Å². The van der Waals surface area contributed by atoms with Crippen molar-refractivity contribution < 1.29 is 18.3 Å². The van der Waals surface area contributed by atoms with Crippen LogP contribution in [0.2, 0.25) is 0 Å². The van der Waals surface area contributed by atoms with Crippen LogP contribution in [0.25, 0.3) is 11.1 Å². The molecule has 7 heteroatoms. The molecule has 0 heterocycles. The van der Waals surface area contributed by atoms with Crippen LogP contribution in [-0.2, 0) is 22.6 Å². The molecular weight excluding hydrogens is 436 g/mol. The van der Waals surface area contributed by atoms with E-state index in [2.05, 4.69) is 41.0 Å². The number of halogens is 2. The molecule has 178 valence electrons. The molecule has 3 aromatic rings. The molecular formula is C27H29F2N3O2. The van der Waals surface area contributed by atoms with E-state index in [1.54, 1.807) is 7.11 Å². The number of carbonyl (C=O) groups is 1. The van der Waals surface area contributed by atoms with E-state index in [1.807, 2.05) is 12.1 Å². The van der Waals surface area contributed by atoms with Crippen molar-refractivity contribution in [3.63, 3.8) is 0 Å². The Morgan fingerprint density at radius 3 is 2.41 bits per heavy atom.